The number of urea groups is 1. The summed E-state index contributed by atoms with van der Waals surface area (Å²) in [4.78, 5) is 63.3. The van der Waals surface area contributed by atoms with Crippen LogP contribution in [0.5, 0.6) is 0 Å². The van der Waals surface area contributed by atoms with E-state index in [0.29, 0.717) is 30.0 Å². The number of carbonyl (C=O) groups excluding carboxylic acids is 3. The van der Waals surface area contributed by atoms with Gasteiger partial charge >= 0.3 is 6.03 Å². The molecule has 0 aliphatic carbocycles. The minimum Gasteiger partial charge on any atom is -0.352 e. The molecule has 4 amide bonds. The number of anilines is 1. The topological polar surface area (TPSA) is 95.3 Å². The Morgan fingerprint density at radius 3 is 2.38 bits per heavy atom. The Morgan fingerprint density at radius 1 is 0.973 bits per heavy atom. The van der Waals surface area contributed by atoms with E-state index in [9.17, 15) is 19.2 Å². The molecular formula is C28H29N5O4. The zero-order valence-corrected chi connectivity index (χ0v) is 21.2. The summed E-state index contributed by atoms with van der Waals surface area (Å²) in [5, 5.41) is 0. The highest BCUT2D eigenvalue weighted by Gasteiger charge is 2.64. The number of pyridine rings is 1. The molecule has 0 unspecified atom stereocenters. The minimum absolute atomic E-state index is 0.0795. The molecule has 37 heavy (non-hydrogen) atoms. The highest BCUT2D eigenvalue weighted by Crippen LogP contribution is 2.48. The van der Waals surface area contributed by atoms with Gasteiger partial charge in [-0.25, -0.2) is 9.78 Å². The molecule has 2 aromatic heterocycles. The largest absolute Gasteiger partial charge is 0.352 e. The van der Waals surface area contributed by atoms with Crippen LogP contribution in [0, 0.1) is 18.3 Å². The van der Waals surface area contributed by atoms with Crippen molar-refractivity contribution in [2.75, 3.05) is 25.5 Å². The molecule has 1 aromatic carbocycles. The van der Waals surface area contributed by atoms with Crippen molar-refractivity contribution in [2.24, 2.45) is 11.3 Å². The molecule has 0 bridgehead atoms. The van der Waals surface area contributed by atoms with E-state index in [-0.39, 0.29) is 17.9 Å². The molecule has 9 nitrogen and oxygen atoms in total. The normalized spacial score (nSPS) is 23.0. The van der Waals surface area contributed by atoms with Gasteiger partial charge in [-0.05, 0) is 49.3 Å². The fourth-order valence-electron chi connectivity index (χ4n) is 6.53. The number of piperidine rings is 1. The van der Waals surface area contributed by atoms with E-state index in [4.69, 9.17) is 4.98 Å². The number of carbonyl (C=O) groups is 3. The minimum atomic E-state index is -1.57. The van der Waals surface area contributed by atoms with E-state index < -0.39 is 29.3 Å². The average Bonchev–Trinajstić information content (AvgIpc) is 2.91. The van der Waals surface area contributed by atoms with Crippen LogP contribution in [-0.4, -0.2) is 63.7 Å². The first kappa shape index (κ1) is 23.4. The Hall–Kier alpha value is -4.01. The van der Waals surface area contributed by atoms with Gasteiger partial charge in [0.15, 0.2) is 5.41 Å². The van der Waals surface area contributed by atoms with E-state index in [2.05, 4.69) is 12.1 Å². The Labute approximate surface area is 214 Å². The highest BCUT2D eigenvalue weighted by molar-refractivity contribution is 6.20. The van der Waals surface area contributed by atoms with Crippen molar-refractivity contribution in [3.05, 3.63) is 75.7 Å². The molecule has 2 atom stereocenters. The van der Waals surface area contributed by atoms with Crippen LogP contribution in [0.1, 0.15) is 29.5 Å². The van der Waals surface area contributed by atoms with Gasteiger partial charge in [0.25, 0.3) is 5.56 Å². The number of imide groups is 2. The summed E-state index contributed by atoms with van der Waals surface area (Å²) in [6, 6.07) is 12.7. The van der Waals surface area contributed by atoms with Crippen LogP contribution in [-0.2, 0) is 22.4 Å². The van der Waals surface area contributed by atoms with E-state index in [1.807, 2.05) is 36.1 Å². The third kappa shape index (κ3) is 3.26. The Balaban J connectivity index is 1.53. The Bertz CT molecular complexity index is 1490. The number of barbiturate groups is 1. The quantitative estimate of drug-likeness (QED) is 0.503. The van der Waals surface area contributed by atoms with Crippen LogP contribution in [0.25, 0.3) is 5.65 Å². The van der Waals surface area contributed by atoms with Gasteiger partial charge in [-0.1, -0.05) is 36.4 Å². The smallest absolute Gasteiger partial charge is 0.332 e. The lowest BCUT2D eigenvalue weighted by Crippen LogP contribution is -2.73. The van der Waals surface area contributed by atoms with Gasteiger partial charge in [-0.15, -0.1) is 0 Å². The number of hydrogen-bond acceptors (Lipinski definition) is 6. The molecule has 0 saturated carbocycles. The number of aryl methyl sites for hydroxylation is 1. The fourth-order valence-corrected chi connectivity index (χ4v) is 6.53. The first-order valence-electron chi connectivity index (χ1n) is 12.7. The number of rotatable bonds is 2. The van der Waals surface area contributed by atoms with Crippen LogP contribution >= 0.6 is 0 Å². The third-order valence-electron chi connectivity index (χ3n) is 8.44. The Kier molecular flexibility index (Phi) is 5.22. The van der Waals surface area contributed by atoms with Gasteiger partial charge in [0, 0.05) is 33.3 Å². The summed E-state index contributed by atoms with van der Waals surface area (Å²) in [6.07, 6.45) is 3.83. The maximum absolute atomic E-state index is 13.9. The maximum Gasteiger partial charge on any atom is 0.332 e. The van der Waals surface area contributed by atoms with Gasteiger partial charge in [0.2, 0.25) is 11.8 Å². The molecule has 9 heteroatoms. The highest BCUT2D eigenvalue weighted by atomic mass is 16.2. The number of hydrogen-bond donors (Lipinski definition) is 0. The van der Waals surface area contributed by atoms with Crippen LogP contribution in [0.4, 0.5) is 10.6 Å². The van der Waals surface area contributed by atoms with E-state index >= 15 is 0 Å². The summed E-state index contributed by atoms with van der Waals surface area (Å²) < 4.78 is 1.49. The summed E-state index contributed by atoms with van der Waals surface area (Å²) in [5.41, 5.74) is 1.13. The van der Waals surface area contributed by atoms with Gasteiger partial charge in [0.05, 0.1) is 11.6 Å². The van der Waals surface area contributed by atoms with Crippen molar-refractivity contribution in [3.8, 4) is 0 Å². The van der Waals surface area contributed by atoms with Crippen LogP contribution in [0.2, 0.25) is 0 Å². The third-order valence-corrected chi connectivity index (χ3v) is 8.44. The van der Waals surface area contributed by atoms with Crippen LogP contribution in [0.3, 0.4) is 0 Å². The molecule has 0 N–H and O–H groups in total. The number of nitrogens with zero attached hydrogens (tertiary/aromatic N) is 5. The second-order valence-electron chi connectivity index (χ2n) is 10.6. The first-order valence-corrected chi connectivity index (χ1v) is 12.7. The van der Waals surface area contributed by atoms with Crippen LogP contribution < -0.4 is 10.5 Å². The van der Waals surface area contributed by atoms with Crippen molar-refractivity contribution in [1.82, 2.24) is 19.2 Å². The standard InChI is InChI=1S/C28H29N5O4/c1-17-8-7-12-33-22(17)29-23-20(24(33)34)16-28(25(35)30(2)27(37)31(3)26(28)36)21-15-19(11-13-32(21)23)14-18-9-5-4-6-10-18/h4-10,12,19,21H,11,13-16H2,1-3H3/t19-,21+/m1/s1. The number of fused-ring (bicyclic) bond motifs is 5. The fraction of sp³-hybridized carbons (Fsp3) is 0.393. The lowest BCUT2D eigenvalue weighted by molar-refractivity contribution is -0.160. The number of benzene rings is 1. The Morgan fingerprint density at radius 2 is 1.68 bits per heavy atom. The van der Waals surface area contributed by atoms with Gasteiger partial charge < -0.3 is 4.90 Å². The maximum atomic E-state index is 13.9. The molecule has 3 aliphatic heterocycles. The summed E-state index contributed by atoms with van der Waals surface area (Å²) >= 11 is 0. The van der Waals surface area contributed by atoms with Crippen molar-refractivity contribution in [3.63, 3.8) is 0 Å². The molecule has 1 spiro atoms. The van der Waals surface area contributed by atoms with Crippen molar-refractivity contribution >= 4 is 29.3 Å². The lowest BCUT2D eigenvalue weighted by atomic mass is 9.64. The van der Waals surface area contributed by atoms with E-state index in [1.165, 1.54) is 24.1 Å². The first-order chi connectivity index (χ1) is 17.7. The SMILES string of the molecule is Cc1cccn2c(=O)c3c(nc12)N1CC[C@H](Cc2ccccc2)C[C@H]1C1(C3)C(=O)N(C)C(=O)N(C)C1=O. The van der Waals surface area contributed by atoms with Crippen molar-refractivity contribution in [1.29, 1.82) is 0 Å². The summed E-state index contributed by atoms with van der Waals surface area (Å²) in [7, 11) is 2.82. The predicted octanol–water partition coefficient (Wildman–Crippen LogP) is 2.42. The predicted molar refractivity (Wildman–Crippen MR) is 137 cm³/mol. The molecule has 3 aromatic rings. The summed E-state index contributed by atoms with van der Waals surface area (Å²) in [5.74, 6) is -0.305. The van der Waals surface area contributed by atoms with E-state index in [0.717, 1.165) is 28.2 Å². The monoisotopic (exact) mass is 499 g/mol. The molecule has 5 heterocycles. The lowest BCUT2D eigenvalue weighted by Gasteiger charge is -2.55. The molecule has 3 aliphatic rings. The van der Waals surface area contributed by atoms with Crippen molar-refractivity contribution < 1.29 is 14.4 Å². The van der Waals surface area contributed by atoms with Crippen molar-refractivity contribution in [2.45, 2.75) is 38.6 Å². The molecule has 6 rings (SSSR count). The van der Waals surface area contributed by atoms with Gasteiger partial charge in [-0.3, -0.25) is 28.6 Å². The molecular weight excluding hydrogens is 470 g/mol. The molecule has 2 saturated heterocycles. The zero-order valence-electron chi connectivity index (χ0n) is 21.2. The van der Waals surface area contributed by atoms with Gasteiger partial charge in [-0.2, -0.15) is 0 Å². The zero-order chi connectivity index (χ0) is 26.1. The summed E-state index contributed by atoms with van der Waals surface area (Å²) in [6.45, 7) is 2.47. The number of amides is 4. The second-order valence-corrected chi connectivity index (χ2v) is 10.6. The average molecular weight is 500 g/mol. The number of aromatic nitrogens is 2. The van der Waals surface area contributed by atoms with E-state index in [1.54, 1.807) is 12.3 Å². The van der Waals surface area contributed by atoms with Crippen LogP contribution in [0.15, 0.2) is 53.5 Å². The van der Waals surface area contributed by atoms with Gasteiger partial charge in [0.1, 0.15) is 11.5 Å². The molecule has 190 valence electrons. The molecule has 2 fully saturated rings. The second kappa shape index (κ2) is 8.26. The molecule has 0 radical (unpaired) electrons.